The average Bonchev–Trinajstić information content (AvgIpc) is 2.48. The molecule has 21 heavy (non-hydrogen) atoms. The molecule has 2 amide bonds. The van der Waals surface area contributed by atoms with Gasteiger partial charge in [-0.1, -0.05) is 0 Å². The standard InChI is InChI=1S/C12H9N5O4/c13-11(18)8-5-7(17(20)21)1-2-9(8)16-12(19)10-6-14-3-4-15-10/h1-6H,(H2,13,18)(H,16,19). The molecule has 0 fully saturated rings. The van der Waals surface area contributed by atoms with Gasteiger partial charge in [0.1, 0.15) is 5.69 Å². The van der Waals surface area contributed by atoms with Crippen LogP contribution in [0.2, 0.25) is 0 Å². The van der Waals surface area contributed by atoms with Crippen molar-refractivity contribution >= 4 is 23.2 Å². The molecule has 2 aromatic rings. The molecule has 3 N–H and O–H groups in total. The van der Waals surface area contributed by atoms with Gasteiger partial charge < -0.3 is 11.1 Å². The zero-order valence-corrected chi connectivity index (χ0v) is 10.5. The van der Waals surface area contributed by atoms with Gasteiger partial charge in [0, 0.05) is 24.5 Å². The Morgan fingerprint density at radius 3 is 2.62 bits per heavy atom. The minimum atomic E-state index is -0.895. The van der Waals surface area contributed by atoms with Crippen LogP contribution in [0.4, 0.5) is 11.4 Å². The maximum absolute atomic E-state index is 11.9. The molecule has 0 aliphatic rings. The van der Waals surface area contributed by atoms with Crippen LogP contribution < -0.4 is 11.1 Å². The van der Waals surface area contributed by atoms with Gasteiger partial charge in [-0.2, -0.15) is 0 Å². The van der Waals surface area contributed by atoms with Crippen LogP contribution in [0.5, 0.6) is 0 Å². The summed E-state index contributed by atoms with van der Waals surface area (Å²) in [6.45, 7) is 0. The zero-order chi connectivity index (χ0) is 15.4. The van der Waals surface area contributed by atoms with E-state index in [1.807, 2.05) is 0 Å². The molecular weight excluding hydrogens is 278 g/mol. The second-order valence-corrected chi connectivity index (χ2v) is 3.90. The highest BCUT2D eigenvalue weighted by molar-refractivity contribution is 6.08. The van der Waals surface area contributed by atoms with Gasteiger partial charge in [-0.25, -0.2) is 4.98 Å². The van der Waals surface area contributed by atoms with Crippen molar-refractivity contribution in [1.29, 1.82) is 0 Å². The van der Waals surface area contributed by atoms with Gasteiger partial charge in [0.15, 0.2) is 0 Å². The molecule has 0 bridgehead atoms. The average molecular weight is 287 g/mol. The minimum Gasteiger partial charge on any atom is -0.366 e. The first kappa shape index (κ1) is 14.1. The number of nitro benzene ring substituents is 1. The lowest BCUT2D eigenvalue weighted by atomic mass is 10.1. The summed E-state index contributed by atoms with van der Waals surface area (Å²) in [5.74, 6) is -1.51. The summed E-state index contributed by atoms with van der Waals surface area (Å²) >= 11 is 0. The molecule has 0 unspecified atom stereocenters. The van der Waals surface area contributed by atoms with Crippen LogP contribution in [0.15, 0.2) is 36.8 Å². The number of carbonyl (C=O) groups is 2. The van der Waals surface area contributed by atoms with E-state index in [9.17, 15) is 19.7 Å². The lowest BCUT2D eigenvalue weighted by molar-refractivity contribution is -0.384. The van der Waals surface area contributed by atoms with Gasteiger partial charge in [-0.15, -0.1) is 0 Å². The van der Waals surface area contributed by atoms with E-state index in [2.05, 4.69) is 15.3 Å². The number of carbonyl (C=O) groups excluding carboxylic acids is 2. The third-order valence-electron chi connectivity index (χ3n) is 2.52. The summed E-state index contributed by atoms with van der Waals surface area (Å²) in [5.41, 5.74) is 4.78. The molecule has 0 saturated carbocycles. The monoisotopic (exact) mass is 287 g/mol. The van der Waals surface area contributed by atoms with Crippen molar-refractivity contribution in [2.75, 3.05) is 5.32 Å². The molecule has 1 heterocycles. The maximum Gasteiger partial charge on any atom is 0.275 e. The van der Waals surface area contributed by atoms with Crippen molar-refractivity contribution in [3.05, 3.63) is 58.2 Å². The first-order valence-electron chi connectivity index (χ1n) is 5.64. The highest BCUT2D eigenvalue weighted by Gasteiger charge is 2.17. The number of aromatic nitrogens is 2. The number of nitro groups is 1. The number of nitrogens with zero attached hydrogens (tertiary/aromatic N) is 3. The Bertz CT molecular complexity index is 717. The highest BCUT2D eigenvalue weighted by Crippen LogP contribution is 2.22. The van der Waals surface area contributed by atoms with E-state index in [1.165, 1.54) is 24.7 Å². The SMILES string of the molecule is NC(=O)c1cc([N+](=O)[O-])ccc1NC(=O)c1cnccn1. The Morgan fingerprint density at radius 2 is 2.05 bits per heavy atom. The van der Waals surface area contributed by atoms with Crippen LogP contribution in [0.25, 0.3) is 0 Å². The van der Waals surface area contributed by atoms with Crippen LogP contribution in [-0.4, -0.2) is 26.7 Å². The Morgan fingerprint density at radius 1 is 1.29 bits per heavy atom. The number of nitrogens with two attached hydrogens (primary N) is 1. The molecule has 1 aromatic heterocycles. The van der Waals surface area contributed by atoms with Crippen molar-refractivity contribution in [3.8, 4) is 0 Å². The van der Waals surface area contributed by atoms with Crippen LogP contribution in [0.1, 0.15) is 20.8 Å². The number of rotatable bonds is 4. The van der Waals surface area contributed by atoms with Crippen LogP contribution in [0, 0.1) is 10.1 Å². The third-order valence-corrected chi connectivity index (χ3v) is 2.52. The number of amides is 2. The summed E-state index contributed by atoms with van der Waals surface area (Å²) < 4.78 is 0. The lowest BCUT2D eigenvalue weighted by Gasteiger charge is -2.08. The Balaban J connectivity index is 2.34. The molecule has 0 aliphatic heterocycles. The van der Waals surface area contributed by atoms with E-state index < -0.39 is 16.7 Å². The molecule has 0 aliphatic carbocycles. The molecule has 1 aromatic carbocycles. The predicted octanol–water partition coefficient (Wildman–Crippen LogP) is 0.736. The van der Waals surface area contributed by atoms with Crippen molar-refractivity contribution < 1.29 is 14.5 Å². The number of anilines is 1. The van der Waals surface area contributed by atoms with E-state index >= 15 is 0 Å². The molecule has 9 heteroatoms. The Kier molecular flexibility index (Phi) is 3.84. The number of benzene rings is 1. The van der Waals surface area contributed by atoms with E-state index in [4.69, 9.17) is 5.73 Å². The fraction of sp³-hybridized carbons (Fsp3) is 0. The fourth-order valence-electron chi connectivity index (χ4n) is 1.56. The second-order valence-electron chi connectivity index (χ2n) is 3.90. The van der Waals surface area contributed by atoms with Crippen molar-refractivity contribution in [2.45, 2.75) is 0 Å². The molecule has 106 valence electrons. The number of nitrogens with one attached hydrogen (secondary N) is 1. The Labute approximate surface area is 118 Å². The quantitative estimate of drug-likeness (QED) is 0.627. The van der Waals surface area contributed by atoms with Crippen LogP contribution in [0.3, 0.4) is 0 Å². The molecule has 2 rings (SSSR count). The highest BCUT2D eigenvalue weighted by atomic mass is 16.6. The van der Waals surface area contributed by atoms with E-state index in [0.29, 0.717) is 0 Å². The van der Waals surface area contributed by atoms with Gasteiger partial charge in [0.05, 0.1) is 22.4 Å². The predicted molar refractivity (Wildman–Crippen MR) is 71.6 cm³/mol. The van der Waals surface area contributed by atoms with Crippen LogP contribution >= 0.6 is 0 Å². The summed E-state index contributed by atoms with van der Waals surface area (Å²) in [5, 5.41) is 13.1. The molecule has 0 spiro atoms. The smallest absolute Gasteiger partial charge is 0.275 e. The summed E-state index contributed by atoms with van der Waals surface area (Å²) in [6.07, 6.45) is 3.97. The van der Waals surface area contributed by atoms with Gasteiger partial charge >= 0.3 is 0 Å². The van der Waals surface area contributed by atoms with Crippen molar-refractivity contribution in [3.63, 3.8) is 0 Å². The molecule has 0 saturated heterocycles. The largest absolute Gasteiger partial charge is 0.366 e. The molecule has 0 atom stereocenters. The second kappa shape index (κ2) is 5.74. The van der Waals surface area contributed by atoms with Gasteiger partial charge in [-0.05, 0) is 6.07 Å². The van der Waals surface area contributed by atoms with E-state index in [-0.39, 0.29) is 22.6 Å². The normalized spacial score (nSPS) is 9.90. The van der Waals surface area contributed by atoms with Crippen molar-refractivity contribution in [2.24, 2.45) is 5.73 Å². The third kappa shape index (κ3) is 3.15. The molecule has 0 radical (unpaired) electrons. The number of primary amides is 1. The summed E-state index contributed by atoms with van der Waals surface area (Å²) in [7, 11) is 0. The first-order chi connectivity index (χ1) is 9.99. The van der Waals surface area contributed by atoms with E-state index in [1.54, 1.807) is 0 Å². The molecular formula is C12H9N5O4. The number of non-ortho nitro benzene ring substituents is 1. The maximum atomic E-state index is 11.9. The fourth-order valence-corrected chi connectivity index (χ4v) is 1.56. The van der Waals surface area contributed by atoms with E-state index in [0.717, 1.165) is 12.1 Å². The lowest BCUT2D eigenvalue weighted by Crippen LogP contribution is -2.19. The van der Waals surface area contributed by atoms with Gasteiger partial charge in [-0.3, -0.25) is 24.7 Å². The summed E-state index contributed by atoms with van der Waals surface area (Å²) in [6, 6.07) is 3.37. The van der Waals surface area contributed by atoms with Crippen molar-refractivity contribution in [1.82, 2.24) is 9.97 Å². The number of hydrogen-bond acceptors (Lipinski definition) is 6. The van der Waals surface area contributed by atoms with Crippen LogP contribution in [-0.2, 0) is 0 Å². The topological polar surface area (TPSA) is 141 Å². The molecule has 9 nitrogen and oxygen atoms in total. The van der Waals surface area contributed by atoms with Gasteiger partial charge in [0.25, 0.3) is 17.5 Å². The zero-order valence-electron chi connectivity index (χ0n) is 10.5. The number of hydrogen-bond donors (Lipinski definition) is 2. The van der Waals surface area contributed by atoms with Gasteiger partial charge in [0.2, 0.25) is 0 Å². The summed E-state index contributed by atoms with van der Waals surface area (Å²) in [4.78, 5) is 40.8. The first-order valence-corrected chi connectivity index (χ1v) is 5.64. The minimum absolute atomic E-state index is 0.0336. The Hall–Kier alpha value is -3.36.